The second-order valence-electron chi connectivity index (χ2n) is 6.02. The van der Waals surface area contributed by atoms with Gasteiger partial charge < -0.3 is 40.3 Å². The fourth-order valence-electron chi connectivity index (χ4n) is 2.62. The fourth-order valence-corrected chi connectivity index (χ4v) is 5.65. The Bertz CT molecular complexity index is 1110. The zero-order valence-electron chi connectivity index (χ0n) is 16.9. The number of hydrogen-bond donors (Lipinski definition) is 7. The van der Waals surface area contributed by atoms with Crippen LogP contribution < -0.4 is 5.73 Å². The van der Waals surface area contributed by atoms with Gasteiger partial charge in [-0.15, -0.1) is 0 Å². The highest BCUT2D eigenvalue weighted by atomic mass is 31.3. The molecule has 2 aromatic heterocycles. The predicted molar refractivity (Wildman–Crippen MR) is 107 cm³/mol. The molecule has 6 atom stereocenters. The normalized spacial score (nSPS) is 26.9. The van der Waals surface area contributed by atoms with Gasteiger partial charge >= 0.3 is 23.5 Å². The molecule has 1 fully saturated rings. The van der Waals surface area contributed by atoms with E-state index in [1.165, 1.54) is 10.9 Å². The maximum Gasteiger partial charge on any atom is 0.490 e. The van der Waals surface area contributed by atoms with Crippen molar-refractivity contribution in [2.75, 3.05) is 12.3 Å². The third kappa shape index (κ3) is 7.07. The fraction of sp³-hybridized carbons (Fsp3) is 0.583. The van der Waals surface area contributed by atoms with Crippen molar-refractivity contribution in [3.05, 3.63) is 12.7 Å². The van der Waals surface area contributed by atoms with Crippen LogP contribution in [0.15, 0.2) is 12.7 Å². The number of nitrogen functional groups attached to an aromatic ring is 1. The van der Waals surface area contributed by atoms with Gasteiger partial charge in [0, 0.05) is 0 Å². The van der Waals surface area contributed by atoms with E-state index in [9.17, 15) is 28.8 Å². The number of nitrogens with two attached hydrogens (primary N) is 1. The van der Waals surface area contributed by atoms with Crippen molar-refractivity contribution >= 4 is 40.4 Å². The maximum atomic E-state index is 11.8. The number of phosphoric acid groups is 3. The Balaban J connectivity index is 0.00000187. The lowest BCUT2D eigenvalue weighted by Crippen LogP contribution is -2.33. The van der Waals surface area contributed by atoms with E-state index < -0.39 is 54.6 Å². The minimum atomic E-state index is -5.70. The number of aromatic nitrogens is 4. The summed E-state index contributed by atoms with van der Waals surface area (Å²) in [6.45, 7) is 3.04. The van der Waals surface area contributed by atoms with Crippen LogP contribution in [-0.2, 0) is 31.6 Å². The highest BCUT2D eigenvalue weighted by Crippen LogP contribution is 2.66. The first-order valence-corrected chi connectivity index (χ1v) is 13.4. The Morgan fingerprint density at radius 3 is 2.27 bits per heavy atom. The van der Waals surface area contributed by atoms with E-state index in [4.69, 9.17) is 25.2 Å². The van der Waals surface area contributed by atoms with Crippen molar-refractivity contribution < 1.29 is 61.4 Å². The van der Waals surface area contributed by atoms with E-state index in [0.29, 0.717) is 0 Å². The molecule has 0 bridgehead atoms. The Hall–Kier alpha value is -1.36. The van der Waals surface area contributed by atoms with E-state index in [0.717, 1.165) is 6.33 Å². The van der Waals surface area contributed by atoms with Crippen LogP contribution in [0.25, 0.3) is 11.2 Å². The summed E-state index contributed by atoms with van der Waals surface area (Å²) in [5.41, 5.74) is 6.00. The zero-order valence-corrected chi connectivity index (χ0v) is 19.6. The van der Waals surface area contributed by atoms with Gasteiger partial charge in [-0.1, -0.05) is 13.8 Å². The standard InChI is InChI=1S/C10H16N5O13P3.C2H6/c11-8-5-9(13-2-12-8)15(3-14-5)10-7(17)6(16)4(26-10)1-25-30(21,22)28-31(23,24)27-29(18,19)20;1-2/h2-4,6-7,10,16-17H,1H2,(H,21,22)(H,23,24)(H2,11,12,13)(H2,18,19,20);1-2H3. The van der Waals surface area contributed by atoms with Crippen molar-refractivity contribution in [1.82, 2.24) is 19.5 Å². The van der Waals surface area contributed by atoms with Crippen LogP contribution in [0, 0.1) is 0 Å². The Morgan fingerprint density at radius 1 is 1.03 bits per heavy atom. The number of ether oxygens (including phenoxy) is 1. The summed E-state index contributed by atoms with van der Waals surface area (Å²) >= 11 is 0. The molecule has 18 nitrogen and oxygen atoms in total. The molecule has 3 rings (SSSR count). The van der Waals surface area contributed by atoms with Gasteiger partial charge in [-0.05, 0) is 0 Å². The van der Waals surface area contributed by atoms with E-state index >= 15 is 0 Å². The number of imidazole rings is 1. The first-order chi connectivity index (χ1) is 15.2. The van der Waals surface area contributed by atoms with Crippen LogP contribution in [-0.4, -0.2) is 74.2 Å². The first-order valence-electron chi connectivity index (χ1n) is 8.92. The summed E-state index contributed by atoms with van der Waals surface area (Å²) in [6.07, 6.45) is -3.69. The van der Waals surface area contributed by atoms with Crippen molar-refractivity contribution in [3.8, 4) is 0 Å². The number of nitrogens with zero attached hydrogens (tertiary/aromatic N) is 4. The minimum Gasteiger partial charge on any atom is -0.387 e. The SMILES string of the molecule is CC.Nc1ncnc2c1ncn2C1OC(COP(=O)(O)OP(=O)(O)OP(=O)(O)O)C(O)C1O. The average Bonchev–Trinajstić information content (AvgIpc) is 3.22. The highest BCUT2D eigenvalue weighted by Gasteiger charge is 2.47. The number of hydrogen-bond acceptors (Lipinski definition) is 13. The molecule has 6 unspecified atom stereocenters. The number of aliphatic hydroxyl groups is 2. The molecule has 2 aromatic rings. The molecule has 0 radical (unpaired) electrons. The quantitative estimate of drug-likeness (QED) is 0.207. The molecule has 3 heterocycles. The molecule has 0 saturated carbocycles. The second-order valence-corrected chi connectivity index (χ2v) is 10.4. The van der Waals surface area contributed by atoms with Crippen LogP contribution in [0.5, 0.6) is 0 Å². The van der Waals surface area contributed by atoms with E-state index in [-0.39, 0.29) is 17.0 Å². The van der Waals surface area contributed by atoms with Gasteiger partial charge in [-0.3, -0.25) is 9.09 Å². The molecule has 188 valence electrons. The van der Waals surface area contributed by atoms with E-state index in [1.54, 1.807) is 0 Å². The van der Waals surface area contributed by atoms with Gasteiger partial charge in [0.05, 0.1) is 12.9 Å². The number of rotatable bonds is 8. The minimum absolute atomic E-state index is 0.0426. The summed E-state index contributed by atoms with van der Waals surface area (Å²) < 4.78 is 51.9. The third-order valence-electron chi connectivity index (χ3n) is 3.82. The van der Waals surface area contributed by atoms with E-state index in [2.05, 4.69) is 28.1 Å². The summed E-state index contributed by atoms with van der Waals surface area (Å²) in [6, 6.07) is 0. The maximum absolute atomic E-state index is 11.8. The first kappa shape index (κ1) is 27.9. The second kappa shape index (κ2) is 10.5. The van der Waals surface area contributed by atoms with Gasteiger partial charge in [0.25, 0.3) is 0 Å². The average molecular weight is 537 g/mol. The van der Waals surface area contributed by atoms with Crippen molar-refractivity contribution in [2.45, 2.75) is 38.4 Å². The molecule has 8 N–H and O–H groups in total. The van der Waals surface area contributed by atoms with Gasteiger partial charge in [-0.25, -0.2) is 28.6 Å². The third-order valence-corrected chi connectivity index (χ3v) is 7.62. The van der Waals surface area contributed by atoms with Crippen molar-refractivity contribution in [2.24, 2.45) is 0 Å². The monoisotopic (exact) mass is 537 g/mol. The molecule has 1 aliphatic heterocycles. The number of phosphoric ester groups is 1. The molecule has 0 aliphatic carbocycles. The number of anilines is 1. The number of fused-ring (bicyclic) bond motifs is 1. The largest absolute Gasteiger partial charge is 0.490 e. The summed E-state index contributed by atoms with van der Waals surface area (Å²) in [7, 11) is -16.7. The van der Waals surface area contributed by atoms with Crippen LogP contribution in [0.1, 0.15) is 20.1 Å². The molecular weight excluding hydrogens is 515 g/mol. The molecule has 1 aliphatic rings. The van der Waals surface area contributed by atoms with Crippen molar-refractivity contribution in [1.29, 1.82) is 0 Å². The molecule has 1 saturated heterocycles. The summed E-state index contributed by atoms with van der Waals surface area (Å²) in [5, 5.41) is 20.4. The van der Waals surface area contributed by atoms with Gasteiger partial charge in [0.2, 0.25) is 0 Å². The van der Waals surface area contributed by atoms with Crippen molar-refractivity contribution in [3.63, 3.8) is 0 Å². The Kier molecular flexibility index (Phi) is 8.87. The molecule has 0 amide bonds. The summed E-state index contributed by atoms with van der Waals surface area (Å²) in [4.78, 5) is 47.2. The van der Waals surface area contributed by atoms with Gasteiger partial charge in [-0.2, -0.15) is 8.62 Å². The number of aliphatic hydroxyl groups excluding tert-OH is 2. The Labute approximate surface area is 185 Å². The molecule has 0 spiro atoms. The lowest BCUT2D eigenvalue weighted by molar-refractivity contribution is -0.0503. The van der Waals surface area contributed by atoms with Gasteiger partial charge in [0.15, 0.2) is 17.7 Å². The summed E-state index contributed by atoms with van der Waals surface area (Å²) in [5.74, 6) is 0.0426. The molecule has 21 heteroatoms. The molecule has 33 heavy (non-hydrogen) atoms. The molecular formula is C12H22N5O13P3. The van der Waals surface area contributed by atoms with Crippen LogP contribution in [0.2, 0.25) is 0 Å². The lowest BCUT2D eigenvalue weighted by Gasteiger charge is -2.19. The lowest BCUT2D eigenvalue weighted by atomic mass is 10.1. The highest BCUT2D eigenvalue weighted by molar-refractivity contribution is 7.66. The van der Waals surface area contributed by atoms with Crippen LogP contribution >= 0.6 is 23.5 Å². The predicted octanol–water partition coefficient (Wildman–Crippen LogP) is -0.603. The van der Waals surface area contributed by atoms with Crippen LogP contribution in [0.3, 0.4) is 0 Å². The Morgan fingerprint density at radius 2 is 1.67 bits per heavy atom. The topological polar surface area (TPSA) is 279 Å². The van der Waals surface area contributed by atoms with E-state index in [1.807, 2.05) is 13.8 Å². The van der Waals surface area contributed by atoms with Gasteiger partial charge in [0.1, 0.15) is 30.2 Å². The zero-order chi connectivity index (χ0) is 25.2. The smallest absolute Gasteiger partial charge is 0.387 e. The molecule has 0 aromatic carbocycles. The van der Waals surface area contributed by atoms with Crippen LogP contribution in [0.4, 0.5) is 5.82 Å².